The number of aliphatic hydroxyl groups is 1. The molecule has 0 saturated carbocycles. The molecule has 0 radical (unpaired) electrons. The normalized spacial score (nSPS) is 12.8. The van der Waals surface area contributed by atoms with Crippen molar-refractivity contribution in [2.45, 2.75) is 26.0 Å². The van der Waals surface area contributed by atoms with Gasteiger partial charge in [0.2, 0.25) is 0 Å². The van der Waals surface area contributed by atoms with Crippen LogP contribution in [0.25, 0.3) is 0 Å². The molecule has 84 valence electrons. The first-order valence-corrected chi connectivity index (χ1v) is 5.30. The van der Waals surface area contributed by atoms with Crippen LogP contribution < -0.4 is 5.32 Å². The van der Waals surface area contributed by atoms with E-state index in [1.807, 2.05) is 0 Å². The summed E-state index contributed by atoms with van der Waals surface area (Å²) in [5.41, 5.74) is 0.864. The summed E-state index contributed by atoms with van der Waals surface area (Å²) in [6.45, 7) is 3.05. The van der Waals surface area contributed by atoms with E-state index in [9.17, 15) is 4.39 Å². The Hall–Kier alpha value is -0.640. The summed E-state index contributed by atoms with van der Waals surface area (Å²) in [5, 5.41) is 12.6. The van der Waals surface area contributed by atoms with Crippen LogP contribution in [0.3, 0.4) is 0 Å². The van der Waals surface area contributed by atoms with Gasteiger partial charge in [0.15, 0.2) is 0 Å². The molecule has 0 fully saturated rings. The highest BCUT2D eigenvalue weighted by Gasteiger charge is 2.01. The smallest absolute Gasteiger partial charge is 0.124 e. The second-order valence-corrected chi connectivity index (χ2v) is 3.96. The minimum atomic E-state index is -0.326. The van der Waals surface area contributed by atoms with Gasteiger partial charge in [0.1, 0.15) is 5.82 Å². The molecule has 2 N–H and O–H groups in total. The number of rotatable bonds is 5. The van der Waals surface area contributed by atoms with E-state index in [0.717, 1.165) is 5.56 Å². The average Bonchev–Trinajstić information content (AvgIpc) is 2.14. The lowest BCUT2D eigenvalue weighted by Gasteiger charge is -2.07. The zero-order chi connectivity index (χ0) is 11.3. The van der Waals surface area contributed by atoms with Crippen molar-refractivity contribution in [1.29, 1.82) is 0 Å². The predicted molar refractivity (Wildman–Crippen MR) is 59.4 cm³/mol. The first-order valence-electron chi connectivity index (χ1n) is 4.92. The molecule has 1 atom stereocenters. The van der Waals surface area contributed by atoms with Crippen LogP contribution in [0, 0.1) is 5.82 Å². The van der Waals surface area contributed by atoms with Crippen LogP contribution in [0.5, 0.6) is 0 Å². The summed E-state index contributed by atoms with van der Waals surface area (Å²) < 4.78 is 12.7. The Bertz CT molecular complexity index is 317. The van der Waals surface area contributed by atoms with Crippen molar-refractivity contribution >= 4 is 11.6 Å². The van der Waals surface area contributed by atoms with E-state index in [-0.39, 0.29) is 11.9 Å². The summed E-state index contributed by atoms with van der Waals surface area (Å²) in [4.78, 5) is 0. The SMILES string of the molecule is CC(O)CCNCc1ccc(F)cc1Cl. The van der Waals surface area contributed by atoms with Gasteiger partial charge < -0.3 is 10.4 Å². The maximum Gasteiger partial charge on any atom is 0.124 e. The van der Waals surface area contributed by atoms with E-state index in [4.69, 9.17) is 16.7 Å². The van der Waals surface area contributed by atoms with Crippen LogP contribution in [-0.2, 0) is 6.54 Å². The van der Waals surface area contributed by atoms with Crippen LogP contribution in [0.2, 0.25) is 5.02 Å². The van der Waals surface area contributed by atoms with Crippen LogP contribution in [0.15, 0.2) is 18.2 Å². The fourth-order valence-electron chi connectivity index (χ4n) is 1.20. The van der Waals surface area contributed by atoms with Gasteiger partial charge >= 0.3 is 0 Å². The van der Waals surface area contributed by atoms with Crippen molar-refractivity contribution in [3.63, 3.8) is 0 Å². The van der Waals surface area contributed by atoms with Crippen molar-refractivity contribution in [2.24, 2.45) is 0 Å². The maximum atomic E-state index is 12.7. The summed E-state index contributed by atoms with van der Waals surface area (Å²) in [6, 6.07) is 4.35. The van der Waals surface area contributed by atoms with Crippen LogP contribution >= 0.6 is 11.6 Å². The molecule has 1 aromatic carbocycles. The molecule has 0 aliphatic rings. The Kier molecular flexibility index (Phi) is 5.02. The average molecular weight is 232 g/mol. The Morgan fingerprint density at radius 1 is 1.53 bits per heavy atom. The molecule has 0 aromatic heterocycles. The molecule has 0 aliphatic heterocycles. The second kappa shape index (κ2) is 6.05. The molecular weight excluding hydrogens is 217 g/mol. The van der Waals surface area contributed by atoms with Gasteiger partial charge in [-0.15, -0.1) is 0 Å². The molecule has 0 heterocycles. The number of benzene rings is 1. The number of aliphatic hydroxyl groups excluding tert-OH is 1. The highest BCUT2D eigenvalue weighted by Crippen LogP contribution is 2.16. The van der Waals surface area contributed by atoms with Gasteiger partial charge in [-0.2, -0.15) is 0 Å². The number of hydrogen-bond donors (Lipinski definition) is 2. The Balaban J connectivity index is 2.37. The molecule has 2 nitrogen and oxygen atoms in total. The molecule has 0 aliphatic carbocycles. The van der Waals surface area contributed by atoms with Crippen molar-refractivity contribution in [1.82, 2.24) is 5.32 Å². The number of halogens is 2. The zero-order valence-electron chi connectivity index (χ0n) is 8.63. The standard InChI is InChI=1S/C11H15ClFNO/c1-8(15)4-5-14-7-9-2-3-10(13)6-11(9)12/h2-3,6,8,14-15H,4-5,7H2,1H3. The second-order valence-electron chi connectivity index (χ2n) is 3.55. The van der Waals surface area contributed by atoms with Crippen molar-refractivity contribution in [2.75, 3.05) is 6.54 Å². The van der Waals surface area contributed by atoms with E-state index in [2.05, 4.69) is 5.32 Å². The molecule has 1 aromatic rings. The number of nitrogens with one attached hydrogen (secondary N) is 1. The maximum absolute atomic E-state index is 12.7. The van der Waals surface area contributed by atoms with E-state index in [1.54, 1.807) is 13.0 Å². The lowest BCUT2D eigenvalue weighted by Crippen LogP contribution is -2.18. The first-order chi connectivity index (χ1) is 7.09. The van der Waals surface area contributed by atoms with E-state index in [0.29, 0.717) is 24.5 Å². The van der Waals surface area contributed by atoms with Gasteiger partial charge in [0.05, 0.1) is 6.10 Å². The molecular formula is C11H15ClFNO. The first kappa shape index (κ1) is 12.4. The molecule has 0 spiro atoms. The minimum absolute atomic E-state index is 0.304. The molecule has 0 amide bonds. The third-order valence-electron chi connectivity index (χ3n) is 2.07. The number of hydrogen-bond acceptors (Lipinski definition) is 2. The van der Waals surface area contributed by atoms with Gasteiger partial charge in [-0.1, -0.05) is 17.7 Å². The summed E-state index contributed by atoms with van der Waals surface area (Å²) in [5.74, 6) is -0.326. The summed E-state index contributed by atoms with van der Waals surface area (Å²) >= 11 is 5.84. The van der Waals surface area contributed by atoms with E-state index in [1.165, 1.54) is 12.1 Å². The molecule has 0 saturated heterocycles. The Labute approximate surface area is 94.1 Å². The molecule has 4 heteroatoms. The quantitative estimate of drug-likeness (QED) is 0.763. The van der Waals surface area contributed by atoms with Crippen LogP contribution in [0.1, 0.15) is 18.9 Å². The summed E-state index contributed by atoms with van der Waals surface area (Å²) in [6.07, 6.45) is 0.389. The zero-order valence-corrected chi connectivity index (χ0v) is 9.39. The van der Waals surface area contributed by atoms with Gasteiger partial charge in [-0.05, 0) is 37.6 Å². The predicted octanol–water partition coefficient (Wildman–Crippen LogP) is 2.34. The topological polar surface area (TPSA) is 32.3 Å². The third kappa shape index (κ3) is 4.60. The highest BCUT2D eigenvalue weighted by atomic mass is 35.5. The highest BCUT2D eigenvalue weighted by molar-refractivity contribution is 6.31. The molecule has 0 bridgehead atoms. The molecule has 1 unspecified atom stereocenters. The Morgan fingerprint density at radius 2 is 2.27 bits per heavy atom. The fraction of sp³-hybridized carbons (Fsp3) is 0.455. The fourth-order valence-corrected chi connectivity index (χ4v) is 1.43. The molecule has 1 rings (SSSR count). The van der Waals surface area contributed by atoms with Gasteiger partial charge in [-0.25, -0.2) is 4.39 Å². The van der Waals surface area contributed by atoms with Crippen molar-refractivity contribution < 1.29 is 9.50 Å². The van der Waals surface area contributed by atoms with Crippen molar-refractivity contribution in [3.05, 3.63) is 34.6 Å². The monoisotopic (exact) mass is 231 g/mol. The van der Waals surface area contributed by atoms with E-state index < -0.39 is 0 Å². The van der Waals surface area contributed by atoms with Crippen molar-refractivity contribution in [3.8, 4) is 0 Å². The van der Waals surface area contributed by atoms with Crippen LogP contribution in [-0.4, -0.2) is 17.8 Å². The van der Waals surface area contributed by atoms with Gasteiger partial charge in [-0.3, -0.25) is 0 Å². The van der Waals surface area contributed by atoms with Crippen LogP contribution in [0.4, 0.5) is 4.39 Å². The van der Waals surface area contributed by atoms with E-state index >= 15 is 0 Å². The lowest BCUT2D eigenvalue weighted by atomic mass is 10.2. The Morgan fingerprint density at radius 3 is 2.87 bits per heavy atom. The van der Waals surface area contributed by atoms with Gasteiger partial charge in [0, 0.05) is 11.6 Å². The summed E-state index contributed by atoms with van der Waals surface area (Å²) in [7, 11) is 0. The largest absolute Gasteiger partial charge is 0.393 e. The third-order valence-corrected chi connectivity index (χ3v) is 2.42. The van der Waals surface area contributed by atoms with Gasteiger partial charge in [0.25, 0.3) is 0 Å². The molecule has 15 heavy (non-hydrogen) atoms. The lowest BCUT2D eigenvalue weighted by molar-refractivity contribution is 0.183. The minimum Gasteiger partial charge on any atom is -0.393 e.